The number of nitrogens with zero attached hydrogens (tertiary/aromatic N) is 7. The van der Waals surface area contributed by atoms with E-state index in [2.05, 4.69) is 20.4 Å². The van der Waals surface area contributed by atoms with Gasteiger partial charge in [-0.15, -0.1) is 20.4 Å². The van der Waals surface area contributed by atoms with Gasteiger partial charge in [0.2, 0.25) is 5.82 Å². The number of fused-ring (bicyclic) bond motifs is 2. The maximum atomic E-state index is 16.5. The Balaban J connectivity index is 1.53. The monoisotopic (exact) mass is 567 g/mol. The molecule has 10 nitrogen and oxygen atoms in total. The molecule has 4 heterocycles. The minimum atomic E-state index is -4.29. The molecule has 13 heteroatoms. The number of aromatic nitrogens is 5. The molecule has 0 spiro atoms. The summed E-state index contributed by atoms with van der Waals surface area (Å²) in [6.07, 6.45) is 4.70. The van der Waals surface area contributed by atoms with Crippen molar-refractivity contribution < 1.29 is 23.1 Å². The first-order valence-electron chi connectivity index (χ1n) is 13.1. The molecule has 2 aliphatic rings. The number of aryl methyl sites for hydroxylation is 3. The van der Waals surface area contributed by atoms with Crippen LogP contribution in [-0.2, 0) is 0 Å². The molecule has 0 amide bonds. The summed E-state index contributed by atoms with van der Waals surface area (Å²) in [5, 5.41) is 37.1. The normalized spacial score (nSPS) is 15.7. The van der Waals surface area contributed by atoms with E-state index in [1.807, 2.05) is 31.2 Å². The Labute approximate surface area is 238 Å². The zero-order valence-corrected chi connectivity index (χ0v) is 23.1. The van der Waals surface area contributed by atoms with Crippen molar-refractivity contribution in [2.75, 3.05) is 0 Å². The van der Waals surface area contributed by atoms with Crippen molar-refractivity contribution in [3.8, 4) is 17.1 Å². The highest BCUT2D eigenvalue weighted by molar-refractivity contribution is 6.58. The lowest BCUT2D eigenvalue weighted by molar-refractivity contribution is -0.385. The minimum Gasteiger partial charge on any atom is -0.502 e. The van der Waals surface area contributed by atoms with E-state index >= 15 is 8.63 Å². The Morgan fingerprint density at radius 3 is 2.29 bits per heavy atom. The molecule has 4 aromatic rings. The van der Waals surface area contributed by atoms with E-state index in [0.29, 0.717) is 51.0 Å². The van der Waals surface area contributed by atoms with E-state index < -0.39 is 23.3 Å². The van der Waals surface area contributed by atoms with Crippen LogP contribution >= 0.6 is 0 Å². The number of hydrogen-bond acceptors (Lipinski definition) is 7. The van der Waals surface area contributed by atoms with Crippen molar-refractivity contribution in [1.82, 2.24) is 24.9 Å². The fourth-order valence-corrected chi connectivity index (χ4v) is 5.65. The number of phenolic OH excluding ortho intramolecular Hbond substituents is 1. The average Bonchev–Trinajstić information content (AvgIpc) is 3.45. The second-order valence-corrected chi connectivity index (χ2v) is 10.3. The molecule has 0 radical (unpaired) electrons. The molecule has 2 aliphatic heterocycles. The zero-order chi connectivity index (χ0) is 29.9. The van der Waals surface area contributed by atoms with Gasteiger partial charge in [-0.25, -0.2) is 0 Å². The summed E-state index contributed by atoms with van der Waals surface area (Å²) >= 11 is 0. The fourth-order valence-electron chi connectivity index (χ4n) is 5.65. The van der Waals surface area contributed by atoms with Crippen molar-refractivity contribution in [3.63, 3.8) is 0 Å². The Hall–Kier alpha value is -5.33. The first-order valence-corrected chi connectivity index (χ1v) is 13.1. The number of allylic oxidation sites excluding steroid dienone is 3. The Bertz CT molecular complexity index is 1930. The molecule has 0 aliphatic carbocycles. The van der Waals surface area contributed by atoms with Gasteiger partial charge in [0.15, 0.2) is 23.0 Å². The lowest BCUT2D eigenvalue weighted by Gasteiger charge is -2.34. The molecule has 2 aromatic heterocycles. The Morgan fingerprint density at radius 1 is 0.952 bits per heavy atom. The molecular weight excluding hydrogens is 543 g/mol. The van der Waals surface area contributed by atoms with E-state index in [9.17, 15) is 15.2 Å². The Morgan fingerprint density at radius 2 is 1.62 bits per heavy atom. The van der Waals surface area contributed by atoms with Crippen LogP contribution < -0.4 is 0 Å². The third-order valence-corrected chi connectivity index (χ3v) is 7.43. The number of nitro benzene ring substituents is 1. The summed E-state index contributed by atoms with van der Waals surface area (Å²) < 4.78 is 35.1. The SMILES string of the molecule is CC1=CC(/C=C/c2ccc(O)c([N+](=O)[O-])c2)=[N+]2C1=C(c1ccc(-c3nnc(C)nn3)cc1)c1c(C)cc(C)n1[B-]2(F)F. The first-order chi connectivity index (χ1) is 20.0. The Kier molecular flexibility index (Phi) is 6.17. The van der Waals surface area contributed by atoms with Gasteiger partial charge in [0, 0.05) is 35.0 Å². The summed E-state index contributed by atoms with van der Waals surface area (Å²) in [7, 11) is 0. The lowest BCUT2D eigenvalue weighted by atomic mass is 9.83. The minimum absolute atomic E-state index is 0.235. The van der Waals surface area contributed by atoms with Gasteiger partial charge in [-0.2, -0.15) is 0 Å². The summed E-state index contributed by atoms with van der Waals surface area (Å²) in [5.74, 6) is 0.334. The van der Waals surface area contributed by atoms with Crippen LogP contribution in [0.1, 0.15) is 40.8 Å². The molecule has 1 N–H and O–H groups in total. The van der Waals surface area contributed by atoms with Crippen molar-refractivity contribution in [1.29, 1.82) is 0 Å². The predicted octanol–water partition coefficient (Wildman–Crippen LogP) is 5.40. The van der Waals surface area contributed by atoms with E-state index in [1.165, 1.54) is 30.4 Å². The van der Waals surface area contributed by atoms with Crippen LogP contribution in [0.25, 0.3) is 23.0 Å². The average molecular weight is 567 g/mol. The van der Waals surface area contributed by atoms with E-state index in [0.717, 1.165) is 20.1 Å². The van der Waals surface area contributed by atoms with Crippen LogP contribution in [0, 0.1) is 30.9 Å². The molecule has 0 atom stereocenters. The van der Waals surface area contributed by atoms with Gasteiger partial charge in [-0.05, 0) is 68.3 Å². The number of halogens is 2. The molecule has 6 rings (SSSR count). The van der Waals surface area contributed by atoms with Gasteiger partial charge in [-0.1, -0.05) is 30.3 Å². The van der Waals surface area contributed by atoms with Gasteiger partial charge in [0.1, 0.15) is 0 Å². The second-order valence-electron chi connectivity index (χ2n) is 10.3. The lowest BCUT2D eigenvalue weighted by Crippen LogP contribution is -2.51. The molecule has 0 unspecified atom stereocenters. The molecule has 0 fully saturated rings. The van der Waals surface area contributed by atoms with Crippen LogP contribution in [0.15, 0.2) is 72.0 Å². The molecule has 0 bridgehead atoms. The summed E-state index contributed by atoms with van der Waals surface area (Å²) in [4.78, 5) is 10.6. The number of phenols is 1. The van der Waals surface area contributed by atoms with Crippen LogP contribution in [0.5, 0.6) is 5.75 Å². The third-order valence-electron chi connectivity index (χ3n) is 7.43. The van der Waals surface area contributed by atoms with Gasteiger partial charge in [0.25, 0.3) is 0 Å². The van der Waals surface area contributed by atoms with Gasteiger partial charge in [-0.3, -0.25) is 10.1 Å². The number of benzene rings is 2. The predicted molar refractivity (Wildman–Crippen MR) is 154 cm³/mol. The highest BCUT2D eigenvalue weighted by Gasteiger charge is 2.55. The molecule has 42 heavy (non-hydrogen) atoms. The standard InChI is InChI=1S/C29H24BF2N7O3/c1-16-13-18(3)37-27(16)26(21-7-9-22(10-8-21)29-35-33-19(4)34-36-29)28-17(2)14-23(38(28)30(37,31)32)11-5-20-6-12-25(40)24(15-20)39(41)42/h5-15,40H,1-4H3/b11-5+. The van der Waals surface area contributed by atoms with Crippen LogP contribution in [0.4, 0.5) is 14.3 Å². The van der Waals surface area contributed by atoms with Crippen molar-refractivity contribution >= 4 is 30.0 Å². The topological polar surface area (TPSA) is 123 Å². The molecule has 0 saturated heterocycles. The van der Waals surface area contributed by atoms with E-state index in [1.54, 1.807) is 32.9 Å². The first kappa shape index (κ1) is 26.9. The third kappa shape index (κ3) is 4.21. The quantitative estimate of drug-likeness (QED) is 0.195. The van der Waals surface area contributed by atoms with Crippen molar-refractivity contribution in [2.45, 2.75) is 27.7 Å². The number of rotatable bonds is 5. The van der Waals surface area contributed by atoms with Gasteiger partial charge >= 0.3 is 12.7 Å². The fraction of sp³-hybridized carbons (Fsp3) is 0.138. The van der Waals surface area contributed by atoms with Crippen LogP contribution in [0.3, 0.4) is 0 Å². The maximum Gasteiger partial charge on any atom is 0.737 e. The number of aromatic hydroxyl groups is 1. The number of nitro groups is 1. The van der Waals surface area contributed by atoms with E-state index in [-0.39, 0.29) is 5.71 Å². The van der Waals surface area contributed by atoms with E-state index in [4.69, 9.17) is 0 Å². The summed E-state index contributed by atoms with van der Waals surface area (Å²) in [6, 6.07) is 12.9. The largest absolute Gasteiger partial charge is 0.737 e. The summed E-state index contributed by atoms with van der Waals surface area (Å²) in [5.41, 5.74) is 4.84. The summed E-state index contributed by atoms with van der Waals surface area (Å²) in [6.45, 7) is 2.67. The van der Waals surface area contributed by atoms with Crippen LogP contribution in [-0.4, -0.2) is 52.1 Å². The number of hydrogen-bond donors (Lipinski definition) is 1. The molecular formula is C29H24BF2N7O3. The highest BCUT2D eigenvalue weighted by atomic mass is 19.2. The zero-order valence-electron chi connectivity index (χ0n) is 23.1. The molecule has 0 saturated carbocycles. The second kappa shape index (κ2) is 9.65. The maximum absolute atomic E-state index is 16.5. The van der Waals surface area contributed by atoms with Crippen molar-refractivity contribution in [3.05, 3.63) is 116 Å². The van der Waals surface area contributed by atoms with Crippen molar-refractivity contribution in [2.24, 2.45) is 0 Å². The van der Waals surface area contributed by atoms with Gasteiger partial charge < -0.3 is 22.7 Å². The molecule has 210 valence electrons. The highest BCUT2D eigenvalue weighted by Crippen LogP contribution is 2.44. The molecule has 2 aromatic carbocycles. The van der Waals surface area contributed by atoms with Gasteiger partial charge in [0.05, 0.1) is 10.5 Å². The van der Waals surface area contributed by atoms with Crippen LogP contribution in [0.2, 0.25) is 0 Å². The smallest absolute Gasteiger partial charge is 0.502 e.